The third kappa shape index (κ3) is 4.05. The van der Waals surface area contributed by atoms with E-state index in [0.29, 0.717) is 6.54 Å². The summed E-state index contributed by atoms with van der Waals surface area (Å²) in [5.41, 5.74) is 0.00739. The molecule has 0 bridgehead atoms. The molecule has 1 aromatic heterocycles. The van der Waals surface area contributed by atoms with Crippen LogP contribution in [-0.2, 0) is 16.6 Å². The van der Waals surface area contributed by atoms with Crippen LogP contribution in [-0.4, -0.2) is 37.8 Å². The fraction of sp³-hybridized carbons (Fsp3) is 0.786. The molecular formula is C14H26N4O2S. The lowest BCUT2D eigenvalue weighted by molar-refractivity contribution is 0.188. The van der Waals surface area contributed by atoms with Crippen LogP contribution >= 0.6 is 0 Å². The first-order valence-corrected chi connectivity index (χ1v) is 9.03. The molecule has 0 aromatic carbocycles. The van der Waals surface area contributed by atoms with Gasteiger partial charge in [0.2, 0.25) is 10.0 Å². The van der Waals surface area contributed by atoms with Crippen molar-refractivity contribution in [2.75, 3.05) is 13.6 Å². The van der Waals surface area contributed by atoms with E-state index in [4.69, 9.17) is 0 Å². The molecule has 2 rings (SSSR count). The minimum absolute atomic E-state index is 0.00286. The second kappa shape index (κ2) is 6.46. The molecule has 0 aliphatic heterocycles. The summed E-state index contributed by atoms with van der Waals surface area (Å²) in [5.74, 6) is 0. The highest BCUT2D eigenvalue weighted by molar-refractivity contribution is 7.89. The van der Waals surface area contributed by atoms with Crippen molar-refractivity contribution < 1.29 is 8.42 Å². The Kier molecular flexibility index (Phi) is 5.06. The molecule has 0 saturated heterocycles. The SMILES string of the molecule is CNCCn1cc(S(=O)(=O)NC2CCCCC2(C)C)cn1. The van der Waals surface area contributed by atoms with Crippen LogP contribution in [0.25, 0.3) is 0 Å². The lowest BCUT2D eigenvalue weighted by atomic mass is 9.74. The van der Waals surface area contributed by atoms with E-state index >= 15 is 0 Å². The molecule has 0 spiro atoms. The number of nitrogens with zero attached hydrogens (tertiary/aromatic N) is 2. The van der Waals surface area contributed by atoms with Gasteiger partial charge >= 0.3 is 0 Å². The van der Waals surface area contributed by atoms with E-state index in [9.17, 15) is 8.42 Å². The van der Waals surface area contributed by atoms with E-state index < -0.39 is 10.0 Å². The average Bonchev–Trinajstić information content (AvgIpc) is 2.88. The molecular weight excluding hydrogens is 288 g/mol. The number of likely N-dealkylation sites (N-methyl/N-ethyl adjacent to an activating group) is 1. The van der Waals surface area contributed by atoms with Crippen LogP contribution in [0.5, 0.6) is 0 Å². The van der Waals surface area contributed by atoms with Crippen LogP contribution in [0.15, 0.2) is 17.3 Å². The van der Waals surface area contributed by atoms with Crippen LogP contribution in [0.1, 0.15) is 39.5 Å². The Hall–Kier alpha value is -0.920. The molecule has 1 aliphatic rings. The molecule has 120 valence electrons. The minimum atomic E-state index is -3.49. The molecule has 7 heteroatoms. The van der Waals surface area contributed by atoms with Crippen LogP contribution < -0.4 is 10.0 Å². The van der Waals surface area contributed by atoms with Crippen molar-refractivity contribution in [3.8, 4) is 0 Å². The Labute approximate surface area is 127 Å². The first-order valence-electron chi connectivity index (χ1n) is 7.54. The Morgan fingerprint density at radius 1 is 1.43 bits per heavy atom. The Morgan fingerprint density at radius 3 is 2.86 bits per heavy atom. The maximum absolute atomic E-state index is 12.5. The minimum Gasteiger partial charge on any atom is -0.318 e. The third-order valence-electron chi connectivity index (χ3n) is 4.32. The number of rotatable bonds is 6. The van der Waals surface area contributed by atoms with Crippen LogP contribution in [0.4, 0.5) is 0 Å². The van der Waals surface area contributed by atoms with E-state index in [1.165, 1.54) is 12.6 Å². The highest BCUT2D eigenvalue weighted by Gasteiger charge is 2.35. The lowest BCUT2D eigenvalue weighted by Crippen LogP contribution is -2.46. The molecule has 1 aromatic rings. The molecule has 6 nitrogen and oxygen atoms in total. The smallest absolute Gasteiger partial charge is 0.243 e. The highest BCUT2D eigenvalue weighted by atomic mass is 32.2. The average molecular weight is 314 g/mol. The summed E-state index contributed by atoms with van der Waals surface area (Å²) >= 11 is 0. The molecule has 1 unspecified atom stereocenters. The van der Waals surface area contributed by atoms with Gasteiger partial charge in [-0.3, -0.25) is 4.68 Å². The summed E-state index contributed by atoms with van der Waals surface area (Å²) < 4.78 is 29.5. The molecule has 0 radical (unpaired) electrons. The normalized spacial score (nSPS) is 22.3. The summed E-state index contributed by atoms with van der Waals surface area (Å²) in [6, 6.07) is -0.00286. The van der Waals surface area contributed by atoms with Crippen molar-refractivity contribution in [2.45, 2.75) is 57.0 Å². The number of sulfonamides is 1. The molecule has 1 fully saturated rings. The quantitative estimate of drug-likeness (QED) is 0.831. The second-order valence-electron chi connectivity index (χ2n) is 6.45. The summed E-state index contributed by atoms with van der Waals surface area (Å²) in [6.07, 6.45) is 7.23. The molecule has 1 atom stereocenters. The van der Waals surface area contributed by atoms with Crippen molar-refractivity contribution >= 4 is 10.0 Å². The van der Waals surface area contributed by atoms with Gasteiger partial charge in [0.1, 0.15) is 4.90 Å². The van der Waals surface area contributed by atoms with Gasteiger partial charge in [0, 0.05) is 18.8 Å². The summed E-state index contributed by atoms with van der Waals surface area (Å²) in [5, 5.41) is 7.12. The molecule has 21 heavy (non-hydrogen) atoms. The number of aromatic nitrogens is 2. The van der Waals surface area contributed by atoms with Crippen LogP contribution in [0.2, 0.25) is 0 Å². The van der Waals surface area contributed by atoms with Crippen molar-refractivity contribution in [1.29, 1.82) is 0 Å². The standard InChI is InChI=1S/C14H26N4O2S/c1-14(2)7-5-4-6-13(14)17-21(19,20)12-10-16-18(11-12)9-8-15-3/h10-11,13,15,17H,4-9H2,1-3H3. The predicted molar refractivity (Wildman–Crippen MR) is 82.5 cm³/mol. The Balaban J connectivity index is 2.09. The number of nitrogens with one attached hydrogen (secondary N) is 2. The van der Waals surface area contributed by atoms with Crippen molar-refractivity contribution in [2.24, 2.45) is 5.41 Å². The van der Waals surface area contributed by atoms with E-state index in [0.717, 1.165) is 25.8 Å². The van der Waals surface area contributed by atoms with Gasteiger partial charge in [-0.1, -0.05) is 26.7 Å². The molecule has 1 saturated carbocycles. The molecule has 0 amide bonds. The van der Waals surface area contributed by atoms with E-state index in [-0.39, 0.29) is 16.4 Å². The van der Waals surface area contributed by atoms with Crippen LogP contribution in [0, 0.1) is 5.41 Å². The first kappa shape index (κ1) is 16.5. The van der Waals surface area contributed by atoms with Gasteiger partial charge < -0.3 is 5.32 Å². The van der Waals surface area contributed by atoms with Crippen molar-refractivity contribution in [1.82, 2.24) is 19.8 Å². The van der Waals surface area contributed by atoms with Gasteiger partial charge in [0.25, 0.3) is 0 Å². The predicted octanol–water partition coefficient (Wildman–Crippen LogP) is 1.35. The van der Waals surface area contributed by atoms with Crippen molar-refractivity contribution in [3.05, 3.63) is 12.4 Å². The number of hydrogen-bond donors (Lipinski definition) is 2. The second-order valence-corrected chi connectivity index (χ2v) is 8.16. The topological polar surface area (TPSA) is 76.0 Å². The fourth-order valence-corrected chi connectivity index (χ4v) is 4.19. The van der Waals surface area contributed by atoms with Crippen molar-refractivity contribution in [3.63, 3.8) is 0 Å². The zero-order valence-corrected chi connectivity index (χ0v) is 13.9. The summed E-state index contributed by atoms with van der Waals surface area (Å²) in [6.45, 7) is 5.68. The summed E-state index contributed by atoms with van der Waals surface area (Å²) in [7, 11) is -1.63. The third-order valence-corrected chi connectivity index (χ3v) is 5.74. The zero-order valence-electron chi connectivity index (χ0n) is 13.1. The largest absolute Gasteiger partial charge is 0.318 e. The van der Waals surface area contributed by atoms with E-state index in [2.05, 4.69) is 29.0 Å². The highest BCUT2D eigenvalue weighted by Crippen LogP contribution is 2.36. The van der Waals surface area contributed by atoms with Gasteiger partial charge in [-0.05, 0) is 25.3 Å². The molecule has 1 aliphatic carbocycles. The zero-order chi connectivity index (χ0) is 15.5. The summed E-state index contributed by atoms with van der Waals surface area (Å²) in [4.78, 5) is 0.250. The van der Waals surface area contributed by atoms with Crippen LogP contribution in [0.3, 0.4) is 0 Å². The monoisotopic (exact) mass is 314 g/mol. The van der Waals surface area contributed by atoms with Gasteiger partial charge in [0.15, 0.2) is 0 Å². The van der Waals surface area contributed by atoms with Gasteiger partial charge in [0.05, 0.1) is 12.7 Å². The Morgan fingerprint density at radius 2 is 2.19 bits per heavy atom. The maximum Gasteiger partial charge on any atom is 0.243 e. The van der Waals surface area contributed by atoms with Gasteiger partial charge in [-0.15, -0.1) is 0 Å². The first-order chi connectivity index (χ1) is 9.85. The van der Waals surface area contributed by atoms with E-state index in [1.807, 2.05) is 7.05 Å². The molecule has 1 heterocycles. The van der Waals surface area contributed by atoms with Gasteiger partial charge in [-0.25, -0.2) is 13.1 Å². The Bertz CT molecular complexity index is 565. The lowest BCUT2D eigenvalue weighted by Gasteiger charge is -2.38. The van der Waals surface area contributed by atoms with E-state index in [1.54, 1.807) is 10.9 Å². The maximum atomic E-state index is 12.5. The molecule has 2 N–H and O–H groups in total. The number of hydrogen-bond acceptors (Lipinski definition) is 4. The van der Waals surface area contributed by atoms with Gasteiger partial charge in [-0.2, -0.15) is 5.10 Å². The fourth-order valence-electron chi connectivity index (χ4n) is 2.80.